The second kappa shape index (κ2) is 11.3. The van der Waals surface area contributed by atoms with E-state index in [9.17, 15) is 4.79 Å². The van der Waals surface area contributed by atoms with Crippen molar-refractivity contribution in [2.45, 2.75) is 25.7 Å². The Hall–Kier alpha value is -3.11. The number of hydrogen-bond donors (Lipinski definition) is 0. The highest BCUT2D eigenvalue weighted by Crippen LogP contribution is 2.12. The molecule has 4 aromatic rings. The van der Waals surface area contributed by atoms with Crippen molar-refractivity contribution in [3.8, 4) is 0 Å². The van der Waals surface area contributed by atoms with Crippen molar-refractivity contribution < 1.29 is 4.79 Å². The maximum Gasteiger partial charge on any atom is 0.229 e. The number of aryl methyl sites for hydroxylation is 4. The maximum absolute atomic E-state index is 13.0. The molecule has 31 heavy (non-hydrogen) atoms. The van der Waals surface area contributed by atoms with Gasteiger partial charge in [0.05, 0.1) is 0 Å². The Kier molecular flexibility index (Phi) is 8.25. The average Bonchev–Trinajstić information content (AvgIpc) is 2.83. The zero-order chi connectivity index (χ0) is 20.6. The summed E-state index contributed by atoms with van der Waals surface area (Å²) < 4.78 is 0. The summed E-state index contributed by atoms with van der Waals surface area (Å²) in [7, 11) is 0. The Morgan fingerprint density at radius 3 is 1.35 bits per heavy atom. The second-order valence-corrected chi connectivity index (χ2v) is 7.33. The summed E-state index contributed by atoms with van der Waals surface area (Å²) in [5.74, 6) is -0.127. The van der Waals surface area contributed by atoms with E-state index >= 15 is 0 Å². The van der Waals surface area contributed by atoms with Gasteiger partial charge in [-0.05, 0) is 61.1 Å². The monoisotopic (exact) mass is 472 g/mol. The first kappa shape index (κ1) is 22.6. The predicted molar refractivity (Wildman–Crippen MR) is 130 cm³/mol. The fourth-order valence-electron chi connectivity index (χ4n) is 3.46. The quantitative estimate of drug-likeness (QED) is 0.301. The number of aromatic nitrogens is 2. The van der Waals surface area contributed by atoms with Gasteiger partial charge in [-0.3, -0.25) is 4.79 Å². The van der Waals surface area contributed by atoms with Gasteiger partial charge in [0.1, 0.15) is 11.4 Å². The molecule has 0 saturated heterocycles. The van der Waals surface area contributed by atoms with Crippen molar-refractivity contribution in [1.29, 1.82) is 0 Å². The third-order valence-electron chi connectivity index (χ3n) is 5.10. The van der Waals surface area contributed by atoms with E-state index in [0.717, 1.165) is 37.1 Å². The summed E-state index contributed by atoms with van der Waals surface area (Å²) in [6, 6.07) is 31.9. The van der Waals surface area contributed by atoms with Gasteiger partial charge in [-0.2, -0.15) is 0 Å². The van der Waals surface area contributed by atoms with Crippen molar-refractivity contribution in [2.24, 2.45) is 0 Å². The largest absolute Gasteiger partial charge is 0.285 e. The molecule has 3 nitrogen and oxygen atoms in total. The molecule has 2 heterocycles. The fourth-order valence-corrected chi connectivity index (χ4v) is 3.46. The van der Waals surface area contributed by atoms with Crippen LogP contribution in [-0.2, 0) is 25.7 Å². The van der Waals surface area contributed by atoms with E-state index in [1.165, 1.54) is 11.1 Å². The van der Waals surface area contributed by atoms with Crippen molar-refractivity contribution in [2.75, 3.05) is 0 Å². The minimum absolute atomic E-state index is 0. The predicted octanol–water partition coefficient (Wildman–Crippen LogP) is 5.86. The van der Waals surface area contributed by atoms with Crippen LogP contribution in [-0.4, -0.2) is 15.8 Å². The van der Waals surface area contributed by atoms with Crippen LogP contribution in [0.2, 0.25) is 0 Å². The summed E-state index contributed by atoms with van der Waals surface area (Å²) in [6.07, 6.45) is 3.41. The van der Waals surface area contributed by atoms with Crippen molar-refractivity contribution in [3.05, 3.63) is 131 Å². The van der Waals surface area contributed by atoms with Gasteiger partial charge >= 0.3 is 0 Å². The molecule has 2 aromatic heterocycles. The van der Waals surface area contributed by atoms with Crippen LogP contribution in [0.15, 0.2) is 97.1 Å². The number of nitrogens with zero attached hydrogens (tertiary/aromatic N) is 2. The van der Waals surface area contributed by atoms with E-state index in [1.54, 1.807) is 12.1 Å². The summed E-state index contributed by atoms with van der Waals surface area (Å²) in [4.78, 5) is 22.2. The van der Waals surface area contributed by atoms with E-state index in [1.807, 2.05) is 60.7 Å². The Bertz CT molecular complexity index is 1030. The molecule has 0 spiro atoms. The molecule has 0 amide bonds. The van der Waals surface area contributed by atoms with Crippen LogP contribution in [0.4, 0.5) is 0 Å². The lowest BCUT2D eigenvalue weighted by Crippen LogP contribution is -2.09. The Morgan fingerprint density at radius 2 is 0.935 bits per heavy atom. The molecule has 0 aliphatic rings. The second-order valence-electron chi connectivity index (χ2n) is 7.33. The molecular formula is C27H25BrN2O. The van der Waals surface area contributed by atoms with Crippen molar-refractivity contribution in [1.82, 2.24) is 9.97 Å². The van der Waals surface area contributed by atoms with Crippen LogP contribution in [0.5, 0.6) is 0 Å². The fraction of sp³-hybridized carbons (Fsp3) is 0.148. The number of pyridine rings is 2. The van der Waals surface area contributed by atoms with E-state index in [4.69, 9.17) is 0 Å². The number of ketones is 1. The molecule has 0 aliphatic heterocycles. The van der Waals surface area contributed by atoms with Gasteiger partial charge in [0.25, 0.3) is 0 Å². The Morgan fingerprint density at radius 1 is 0.516 bits per heavy atom. The SMILES string of the molecule is Br.O=C(c1cccc(CCc2ccccc2)n1)c1cccc(CCc2ccccc2)n1. The zero-order valence-corrected chi connectivity index (χ0v) is 19.0. The van der Waals surface area contributed by atoms with Crippen LogP contribution >= 0.6 is 17.0 Å². The van der Waals surface area contributed by atoms with Gasteiger partial charge in [-0.15, -0.1) is 17.0 Å². The summed E-state index contributed by atoms with van der Waals surface area (Å²) in [5.41, 5.74) is 5.28. The first-order valence-electron chi connectivity index (χ1n) is 10.3. The van der Waals surface area contributed by atoms with Gasteiger partial charge < -0.3 is 0 Å². The highest BCUT2D eigenvalue weighted by molar-refractivity contribution is 8.93. The van der Waals surface area contributed by atoms with E-state index in [0.29, 0.717) is 11.4 Å². The van der Waals surface area contributed by atoms with Crippen LogP contribution < -0.4 is 0 Å². The Labute approximate surface area is 194 Å². The topological polar surface area (TPSA) is 42.9 Å². The average molecular weight is 473 g/mol. The van der Waals surface area contributed by atoms with Crippen molar-refractivity contribution >= 4 is 22.8 Å². The highest BCUT2D eigenvalue weighted by Gasteiger charge is 2.13. The van der Waals surface area contributed by atoms with Gasteiger partial charge in [0.2, 0.25) is 5.78 Å². The van der Waals surface area contributed by atoms with Crippen LogP contribution in [0.1, 0.15) is 38.7 Å². The first-order valence-corrected chi connectivity index (χ1v) is 10.3. The van der Waals surface area contributed by atoms with Crippen molar-refractivity contribution in [3.63, 3.8) is 0 Å². The van der Waals surface area contributed by atoms with Crippen LogP contribution in [0.3, 0.4) is 0 Å². The lowest BCUT2D eigenvalue weighted by atomic mass is 10.1. The molecule has 0 atom stereocenters. The molecule has 0 bridgehead atoms. The minimum Gasteiger partial charge on any atom is -0.285 e. The lowest BCUT2D eigenvalue weighted by molar-refractivity contribution is 0.102. The molecule has 0 fully saturated rings. The standard InChI is InChI=1S/C27H24N2O.BrH/c30-27(25-15-7-13-23(28-25)19-17-21-9-3-1-4-10-21)26-16-8-14-24(29-26)20-18-22-11-5-2-6-12-22;/h1-16H,17-20H2;1H. The summed E-state index contributed by atoms with van der Waals surface area (Å²) >= 11 is 0. The molecule has 4 heteroatoms. The zero-order valence-electron chi connectivity index (χ0n) is 17.3. The molecular weight excluding hydrogens is 448 g/mol. The number of carbonyl (C=O) groups excluding carboxylic acids is 1. The molecule has 0 aliphatic carbocycles. The summed E-state index contributed by atoms with van der Waals surface area (Å²) in [6.45, 7) is 0. The highest BCUT2D eigenvalue weighted by atomic mass is 79.9. The maximum atomic E-state index is 13.0. The summed E-state index contributed by atoms with van der Waals surface area (Å²) in [5, 5.41) is 0. The van der Waals surface area contributed by atoms with E-state index in [-0.39, 0.29) is 22.8 Å². The minimum atomic E-state index is -0.127. The van der Waals surface area contributed by atoms with Crippen LogP contribution in [0.25, 0.3) is 0 Å². The molecule has 0 saturated carbocycles. The number of carbonyl (C=O) groups is 1. The number of benzene rings is 2. The van der Waals surface area contributed by atoms with E-state index in [2.05, 4.69) is 34.2 Å². The van der Waals surface area contributed by atoms with Crippen LogP contribution in [0, 0.1) is 0 Å². The van der Waals surface area contributed by atoms with Gasteiger partial charge in [-0.1, -0.05) is 72.8 Å². The van der Waals surface area contributed by atoms with Gasteiger partial charge in [0, 0.05) is 11.4 Å². The van der Waals surface area contributed by atoms with Gasteiger partial charge in [-0.25, -0.2) is 9.97 Å². The third-order valence-corrected chi connectivity index (χ3v) is 5.10. The normalized spacial score (nSPS) is 10.3. The molecule has 0 unspecified atom stereocenters. The number of rotatable bonds is 8. The lowest BCUT2D eigenvalue weighted by Gasteiger charge is -2.06. The third kappa shape index (κ3) is 6.43. The van der Waals surface area contributed by atoms with Gasteiger partial charge in [0.15, 0.2) is 0 Å². The Balaban J connectivity index is 0.00000272. The number of hydrogen-bond acceptors (Lipinski definition) is 3. The molecule has 156 valence electrons. The molecule has 2 aromatic carbocycles. The molecule has 0 N–H and O–H groups in total. The smallest absolute Gasteiger partial charge is 0.229 e. The van der Waals surface area contributed by atoms with E-state index < -0.39 is 0 Å². The molecule has 4 rings (SSSR count). The molecule has 0 radical (unpaired) electrons. The first-order chi connectivity index (χ1) is 14.8. The number of halogens is 1.